The van der Waals surface area contributed by atoms with Crippen LogP contribution in [0.2, 0.25) is 0 Å². The zero-order chi connectivity index (χ0) is 13.3. The Balaban J connectivity index is 2.14. The minimum atomic E-state index is 0.0871. The number of H-pyrrole nitrogens is 1. The van der Waals surface area contributed by atoms with Crippen molar-refractivity contribution >= 4 is 5.91 Å². The third-order valence-corrected chi connectivity index (χ3v) is 3.83. The summed E-state index contributed by atoms with van der Waals surface area (Å²) >= 11 is 0. The van der Waals surface area contributed by atoms with Crippen molar-refractivity contribution in [3.63, 3.8) is 0 Å². The van der Waals surface area contributed by atoms with Gasteiger partial charge in [0, 0.05) is 24.8 Å². The molecule has 1 amide bonds. The lowest BCUT2D eigenvalue weighted by Crippen LogP contribution is -2.45. The molecule has 0 aromatic carbocycles. The fraction of sp³-hybridized carbons (Fsp3) is 0.692. The molecule has 0 bridgehead atoms. The van der Waals surface area contributed by atoms with Crippen molar-refractivity contribution in [1.82, 2.24) is 15.1 Å². The topological polar surface area (TPSA) is 75.0 Å². The van der Waals surface area contributed by atoms with Gasteiger partial charge in [0.25, 0.3) is 5.91 Å². The summed E-state index contributed by atoms with van der Waals surface area (Å²) in [6.07, 6.45) is 2.15. The second-order valence-electron chi connectivity index (χ2n) is 5.32. The highest BCUT2D eigenvalue weighted by Crippen LogP contribution is 2.22. The molecule has 1 aliphatic heterocycles. The number of rotatable bonds is 2. The van der Waals surface area contributed by atoms with E-state index in [1.807, 2.05) is 25.7 Å². The fourth-order valence-electron chi connectivity index (χ4n) is 2.65. The first kappa shape index (κ1) is 13.1. The maximum atomic E-state index is 12.5. The third-order valence-electron chi connectivity index (χ3n) is 3.83. The molecule has 2 rings (SSSR count). The predicted octanol–water partition coefficient (Wildman–Crippen LogP) is 1.23. The Hall–Kier alpha value is -1.36. The van der Waals surface area contributed by atoms with Gasteiger partial charge in [0.05, 0.1) is 11.3 Å². The van der Waals surface area contributed by atoms with E-state index in [2.05, 4.69) is 10.2 Å². The average Bonchev–Trinajstić information content (AvgIpc) is 2.68. The number of nitrogens with two attached hydrogens (primary N) is 1. The molecule has 0 spiro atoms. The summed E-state index contributed by atoms with van der Waals surface area (Å²) in [6, 6.07) is 0.146. The summed E-state index contributed by atoms with van der Waals surface area (Å²) in [5.74, 6) is 0.499. The molecule has 2 heterocycles. The van der Waals surface area contributed by atoms with Gasteiger partial charge < -0.3 is 10.6 Å². The van der Waals surface area contributed by atoms with E-state index < -0.39 is 0 Å². The summed E-state index contributed by atoms with van der Waals surface area (Å²) in [5, 5.41) is 6.96. The quantitative estimate of drug-likeness (QED) is 0.829. The number of amides is 1. The Morgan fingerprint density at radius 3 is 2.83 bits per heavy atom. The van der Waals surface area contributed by atoms with Crippen LogP contribution in [0.5, 0.6) is 0 Å². The van der Waals surface area contributed by atoms with Crippen LogP contribution < -0.4 is 5.73 Å². The number of nitrogens with zero attached hydrogens (tertiary/aromatic N) is 2. The SMILES string of the molecule is Cc1n[nH]c(C)c1C(=O)N1CCCC(C(C)N)C1. The first-order chi connectivity index (χ1) is 8.50. The molecular formula is C13H22N4O. The standard InChI is InChI=1S/C13H22N4O/c1-8(14)11-5-4-6-17(7-11)13(18)12-9(2)15-16-10(12)3/h8,11H,4-7,14H2,1-3H3,(H,15,16). The molecule has 0 aliphatic carbocycles. The zero-order valence-electron chi connectivity index (χ0n) is 11.4. The first-order valence-electron chi connectivity index (χ1n) is 6.57. The Morgan fingerprint density at radius 2 is 2.28 bits per heavy atom. The number of carbonyl (C=O) groups excluding carboxylic acids is 1. The van der Waals surface area contributed by atoms with Crippen molar-refractivity contribution in [3.05, 3.63) is 17.0 Å². The number of carbonyl (C=O) groups is 1. The van der Waals surface area contributed by atoms with E-state index >= 15 is 0 Å². The Kier molecular flexibility index (Phi) is 3.71. The summed E-state index contributed by atoms with van der Waals surface area (Å²) in [5.41, 5.74) is 8.30. The molecule has 1 saturated heterocycles. The van der Waals surface area contributed by atoms with Crippen LogP contribution in [-0.4, -0.2) is 40.1 Å². The van der Waals surface area contributed by atoms with E-state index in [1.165, 1.54) is 0 Å². The number of piperidine rings is 1. The number of hydrogen-bond donors (Lipinski definition) is 2. The second kappa shape index (κ2) is 5.10. The smallest absolute Gasteiger partial charge is 0.257 e. The highest BCUT2D eigenvalue weighted by molar-refractivity contribution is 5.96. The van der Waals surface area contributed by atoms with Gasteiger partial charge in [-0.3, -0.25) is 9.89 Å². The third kappa shape index (κ3) is 2.41. The van der Waals surface area contributed by atoms with Crippen LogP contribution in [0.15, 0.2) is 0 Å². The summed E-state index contributed by atoms with van der Waals surface area (Å²) < 4.78 is 0. The average molecular weight is 250 g/mol. The van der Waals surface area contributed by atoms with Crippen molar-refractivity contribution in [2.75, 3.05) is 13.1 Å². The van der Waals surface area contributed by atoms with Crippen LogP contribution in [0.25, 0.3) is 0 Å². The van der Waals surface area contributed by atoms with Crippen LogP contribution >= 0.6 is 0 Å². The molecule has 1 aliphatic rings. The van der Waals surface area contributed by atoms with Crippen molar-refractivity contribution in [2.24, 2.45) is 11.7 Å². The number of hydrogen-bond acceptors (Lipinski definition) is 3. The second-order valence-corrected chi connectivity index (χ2v) is 5.32. The Labute approximate surface area is 108 Å². The molecule has 2 unspecified atom stereocenters. The minimum Gasteiger partial charge on any atom is -0.338 e. The van der Waals surface area contributed by atoms with Crippen LogP contribution in [0.4, 0.5) is 0 Å². The number of nitrogens with one attached hydrogen (secondary N) is 1. The lowest BCUT2D eigenvalue weighted by Gasteiger charge is -2.34. The number of likely N-dealkylation sites (tertiary alicyclic amines) is 1. The fourth-order valence-corrected chi connectivity index (χ4v) is 2.65. The number of aromatic nitrogens is 2. The lowest BCUT2D eigenvalue weighted by atomic mass is 9.92. The monoisotopic (exact) mass is 250 g/mol. The van der Waals surface area contributed by atoms with E-state index in [9.17, 15) is 4.79 Å². The normalized spacial score (nSPS) is 22.0. The van der Waals surface area contributed by atoms with E-state index in [-0.39, 0.29) is 11.9 Å². The van der Waals surface area contributed by atoms with Crippen molar-refractivity contribution < 1.29 is 4.79 Å². The van der Waals surface area contributed by atoms with Gasteiger partial charge in [-0.15, -0.1) is 0 Å². The predicted molar refractivity (Wildman–Crippen MR) is 70.3 cm³/mol. The van der Waals surface area contributed by atoms with Crippen molar-refractivity contribution in [2.45, 2.75) is 39.7 Å². The summed E-state index contributed by atoms with van der Waals surface area (Å²) in [7, 11) is 0. The van der Waals surface area contributed by atoms with Crippen LogP contribution in [0, 0.1) is 19.8 Å². The maximum Gasteiger partial charge on any atom is 0.257 e. The molecule has 5 heteroatoms. The van der Waals surface area contributed by atoms with Gasteiger partial charge in [0.1, 0.15) is 0 Å². The molecule has 2 atom stereocenters. The van der Waals surface area contributed by atoms with Gasteiger partial charge in [-0.05, 0) is 39.5 Å². The minimum absolute atomic E-state index is 0.0871. The van der Waals surface area contributed by atoms with Crippen LogP contribution in [0.3, 0.4) is 0 Å². The van der Waals surface area contributed by atoms with Crippen LogP contribution in [0.1, 0.15) is 41.5 Å². The molecule has 0 radical (unpaired) electrons. The van der Waals surface area contributed by atoms with Crippen LogP contribution in [-0.2, 0) is 0 Å². The highest BCUT2D eigenvalue weighted by Gasteiger charge is 2.28. The van der Waals surface area contributed by atoms with E-state index in [0.29, 0.717) is 5.92 Å². The Morgan fingerprint density at radius 1 is 1.56 bits per heavy atom. The number of aryl methyl sites for hydroxylation is 2. The largest absolute Gasteiger partial charge is 0.338 e. The molecule has 3 N–H and O–H groups in total. The maximum absolute atomic E-state index is 12.5. The molecule has 100 valence electrons. The lowest BCUT2D eigenvalue weighted by molar-refractivity contribution is 0.0659. The highest BCUT2D eigenvalue weighted by atomic mass is 16.2. The molecule has 1 fully saturated rings. The molecule has 1 aromatic rings. The zero-order valence-corrected chi connectivity index (χ0v) is 11.4. The van der Waals surface area contributed by atoms with Gasteiger partial charge in [-0.25, -0.2) is 0 Å². The first-order valence-corrected chi connectivity index (χ1v) is 6.57. The Bertz CT molecular complexity index is 419. The molecule has 5 nitrogen and oxygen atoms in total. The van der Waals surface area contributed by atoms with E-state index in [1.54, 1.807) is 0 Å². The van der Waals surface area contributed by atoms with Crippen molar-refractivity contribution in [3.8, 4) is 0 Å². The van der Waals surface area contributed by atoms with Gasteiger partial charge in [-0.2, -0.15) is 5.10 Å². The number of aromatic amines is 1. The van der Waals surface area contributed by atoms with E-state index in [4.69, 9.17) is 5.73 Å². The van der Waals surface area contributed by atoms with Gasteiger partial charge >= 0.3 is 0 Å². The van der Waals surface area contributed by atoms with Gasteiger partial charge in [0.2, 0.25) is 0 Å². The summed E-state index contributed by atoms with van der Waals surface area (Å²) in [6.45, 7) is 7.36. The van der Waals surface area contributed by atoms with Gasteiger partial charge in [0.15, 0.2) is 0 Å². The van der Waals surface area contributed by atoms with Gasteiger partial charge in [-0.1, -0.05) is 0 Å². The molecule has 0 saturated carbocycles. The summed E-state index contributed by atoms with van der Waals surface area (Å²) in [4.78, 5) is 14.4. The van der Waals surface area contributed by atoms with Crippen molar-refractivity contribution in [1.29, 1.82) is 0 Å². The molecule has 18 heavy (non-hydrogen) atoms. The molecule has 1 aromatic heterocycles. The van der Waals surface area contributed by atoms with E-state index in [0.717, 1.165) is 42.9 Å². The molecular weight excluding hydrogens is 228 g/mol.